The third-order valence-electron chi connectivity index (χ3n) is 0. The van der Waals surface area contributed by atoms with Gasteiger partial charge in [0.2, 0.25) is 0 Å². The van der Waals surface area contributed by atoms with Crippen molar-refractivity contribution in [3.05, 3.63) is 6.68 Å². The third kappa shape index (κ3) is 423. The summed E-state index contributed by atoms with van der Waals surface area (Å²) in [6.07, 6.45) is 0. The second-order valence-corrected chi connectivity index (χ2v) is 0.709. The van der Waals surface area contributed by atoms with Gasteiger partial charge >= 0.3 is 58.6 Å². The van der Waals surface area contributed by atoms with Gasteiger partial charge in [-0.1, -0.05) is 0 Å². The van der Waals surface area contributed by atoms with E-state index < -0.39 is 13.9 Å². The second kappa shape index (κ2) is 8.31. The van der Waals surface area contributed by atoms with Crippen molar-refractivity contribution in [3.63, 3.8) is 0 Å². The Morgan fingerprint density at radius 2 is 0.800 bits per heavy atom. The molecule has 0 unspecified atom stereocenters. The molecular formula is CBF7K-. The minimum Gasteiger partial charge on any atom is -0.418 e. The summed E-state index contributed by atoms with van der Waals surface area (Å²) in [7, 11) is -6.00. The smallest absolute Gasteiger partial charge is 0.418 e. The molecule has 0 nitrogen and oxygen atoms in total. The van der Waals surface area contributed by atoms with Gasteiger partial charge in [0.1, 0.15) is 0 Å². The van der Waals surface area contributed by atoms with Crippen LogP contribution in [0, 0.1) is 6.68 Å². The van der Waals surface area contributed by atoms with Gasteiger partial charge in [-0.25, -0.2) is 0 Å². The zero-order valence-electron chi connectivity index (χ0n) is 4.72. The second-order valence-electron chi connectivity index (χ2n) is 0.709. The summed E-state index contributed by atoms with van der Waals surface area (Å²) in [4.78, 5) is 0. The molecule has 0 radical (unpaired) electrons. The van der Waals surface area contributed by atoms with Gasteiger partial charge in [0.05, 0.1) is 0 Å². The van der Waals surface area contributed by atoms with Crippen molar-refractivity contribution in [3.8, 4) is 0 Å². The Labute approximate surface area is 94.7 Å². The molecule has 0 heterocycles. The largest absolute Gasteiger partial charge is 1.00 e. The summed E-state index contributed by atoms with van der Waals surface area (Å²) in [5, 5.41) is 0. The van der Waals surface area contributed by atoms with Crippen molar-refractivity contribution in [1.82, 2.24) is 0 Å². The molecule has 0 aliphatic heterocycles. The van der Waals surface area contributed by atoms with Crippen LogP contribution < -0.4 is 51.4 Å². The Balaban J connectivity index is -0.0000000910. The fourth-order valence-electron chi connectivity index (χ4n) is 0. The van der Waals surface area contributed by atoms with Crippen LogP contribution in [0.1, 0.15) is 0 Å². The van der Waals surface area contributed by atoms with Crippen LogP contribution in [0.2, 0.25) is 0 Å². The van der Waals surface area contributed by atoms with Gasteiger partial charge in [-0.3, -0.25) is 0 Å². The predicted molar refractivity (Wildman–Crippen MR) is 16.8 cm³/mol. The molecule has 0 atom stereocenters. The van der Waals surface area contributed by atoms with Crippen molar-refractivity contribution in [2.24, 2.45) is 0 Å². The molecular weight excluding hydrogens is 195 g/mol. The fourth-order valence-corrected chi connectivity index (χ4v) is 0. The minimum absolute atomic E-state index is 0. The number of halogens is 7. The monoisotopic (exact) mass is 195 g/mol. The molecule has 0 aromatic rings. The first kappa shape index (κ1) is 17.3. The molecule has 58 valence electrons. The normalized spacial score (nSPS) is 9.60. The van der Waals surface area contributed by atoms with E-state index in [9.17, 15) is 30.4 Å². The summed E-state index contributed by atoms with van der Waals surface area (Å²) in [6.45, 7) is -3.08. The average molecular weight is 195 g/mol. The molecule has 0 aliphatic carbocycles. The summed E-state index contributed by atoms with van der Waals surface area (Å²) in [5.74, 6) is 0. The van der Waals surface area contributed by atoms with Crippen molar-refractivity contribution in [2.45, 2.75) is 0 Å². The van der Waals surface area contributed by atoms with E-state index in [1.54, 1.807) is 0 Å². The van der Waals surface area contributed by atoms with Crippen molar-refractivity contribution < 1.29 is 81.8 Å². The molecule has 0 rings (SSSR count). The zero-order valence-corrected chi connectivity index (χ0v) is 7.85. The van der Waals surface area contributed by atoms with E-state index in [0.717, 1.165) is 0 Å². The van der Waals surface area contributed by atoms with E-state index in [4.69, 9.17) is 0 Å². The molecule has 0 aromatic heterocycles. The molecule has 0 N–H and O–H groups in total. The Hall–Kier alpha value is 1.21. The Kier molecular flexibility index (Phi) is 14.4. The Bertz CT molecular complexity index is 50.4. The molecule has 0 spiro atoms. The van der Waals surface area contributed by atoms with Crippen LogP contribution in [0.25, 0.3) is 0 Å². The first-order chi connectivity index (χ1) is 3.73. The molecule has 0 saturated carbocycles. The molecule has 9 heteroatoms. The van der Waals surface area contributed by atoms with Gasteiger partial charge in [0.25, 0.3) is 0 Å². The van der Waals surface area contributed by atoms with E-state index in [-0.39, 0.29) is 51.4 Å². The van der Waals surface area contributed by atoms with Gasteiger partial charge in [0.15, 0.2) is 6.68 Å². The van der Waals surface area contributed by atoms with Crippen LogP contribution >= 0.6 is 0 Å². The van der Waals surface area contributed by atoms with E-state index in [0.29, 0.717) is 0 Å². The van der Waals surface area contributed by atoms with Crippen LogP contribution in [0.4, 0.5) is 30.4 Å². The van der Waals surface area contributed by atoms with Crippen molar-refractivity contribution >= 4 is 7.25 Å². The van der Waals surface area contributed by atoms with Gasteiger partial charge in [-0.15, -0.1) is 0 Å². The van der Waals surface area contributed by atoms with E-state index >= 15 is 0 Å². The number of hydrogen-bond acceptors (Lipinski definition) is 0. The molecule has 0 bridgehead atoms. The standard InChI is InChI=1S/CF3.BF4.K/c2-1(3)4;2-1(3,4)5;/q2*-1;+1. The van der Waals surface area contributed by atoms with Crippen molar-refractivity contribution in [1.29, 1.82) is 0 Å². The molecule has 0 fully saturated rings. The van der Waals surface area contributed by atoms with Crippen LogP contribution in [0.5, 0.6) is 0 Å². The minimum atomic E-state index is -6.00. The maximum atomic E-state index is 9.75. The quantitative estimate of drug-likeness (QED) is 0.281. The average Bonchev–Trinajstić information content (AvgIpc) is 1.19. The predicted octanol–water partition coefficient (Wildman–Crippen LogP) is -0.354. The summed E-state index contributed by atoms with van der Waals surface area (Å²) < 4.78 is 67.8. The topological polar surface area (TPSA) is 0 Å². The van der Waals surface area contributed by atoms with E-state index in [2.05, 4.69) is 0 Å². The third-order valence-corrected chi connectivity index (χ3v) is 0. The van der Waals surface area contributed by atoms with Gasteiger partial charge in [-0.05, 0) is 0 Å². The van der Waals surface area contributed by atoms with Crippen LogP contribution in [-0.2, 0) is 0 Å². The SMILES string of the molecule is F[B-](F)(F)F.F[C-](F)F.[K+]. The molecule has 0 saturated heterocycles. The maximum absolute atomic E-state index is 9.75. The number of hydrogen-bond donors (Lipinski definition) is 0. The van der Waals surface area contributed by atoms with E-state index in [1.807, 2.05) is 0 Å². The first-order valence-electron chi connectivity index (χ1n) is 1.44. The number of rotatable bonds is 0. The maximum Gasteiger partial charge on any atom is 1.00 e. The van der Waals surface area contributed by atoms with Gasteiger partial charge in [0, 0.05) is 0 Å². The molecule has 10 heavy (non-hydrogen) atoms. The molecule has 0 aliphatic rings. The molecule has 0 amide bonds. The first-order valence-corrected chi connectivity index (χ1v) is 1.44. The molecule has 0 aromatic carbocycles. The van der Waals surface area contributed by atoms with Gasteiger partial charge in [-0.2, -0.15) is 0 Å². The van der Waals surface area contributed by atoms with Gasteiger partial charge < -0.3 is 30.4 Å². The zero-order chi connectivity index (χ0) is 8.08. The van der Waals surface area contributed by atoms with Crippen LogP contribution in [0.3, 0.4) is 0 Å². The summed E-state index contributed by atoms with van der Waals surface area (Å²) in [5.41, 5.74) is 0. The fraction of sp³-hybridized carbons (Fsp3) is 0. The van der Waals surface area contributed by atoms with Crippen LogP contribution in [-0.4, -0.2) is 7.25 Å². The summed E-state index contributed by atoms with van der Waals surface area (Å²) in [6, 6.07) is 0. The Morgan fingerprint density at radius 1 is 0.800 bits per heavy atom. The van der Waals surface area contributed by atoms with Crippen LogP contribution in [0.15, 0.2) is 0 Å². The summed E-state index contributed by atoms with van der Waals surface area (Å²) >= 11 is 0. The van der Waals surface area contributed by atoms with E-state index in [1.165, 1.54) is 0 Å². The van der Waals surface area contributed by atoms with Crippen molar-refractivity contribution in [2.75, 3.05) is 0 Å². The Morgan fingerprint density at radius 3 is 0.800 bits per heavy atom.